The van der Waals surface area contributed by atoms with Gasteiger partial charge in [-0.05, 0) is 167 Å². The molecule has 0 bridgehead atoms. The number of hydrogen-bond acceptors (Lipinski definition) is 11. The van der Waals surface area contributed by atoms with E-state index in [1.165, 1.54) is 6.07 Å². The van der Waals surface area contributed by atoms with Crippen molar-refractivity contribution in [1.29, 1.82) is 0 Å². The van der Waals surface area contributed by atoms with Gasteiger partial charge in [0.2, 0.25) is 0 Å². The molecule has 4 aromatic heterocycles. The van der Waals surface area contributed by atoms with Gasteiger partial charge in [-0.2, -0.15) is 0 Å². The number of halogens is 2. The van der Waals surface area contributed by atoms with Crippen molar-refractivity contribution in [3.8, 4) is 43.1 Å². The SMILES string of the molecule is CC(C)(C)c1cc(-c2cc(-c3ccc(C(=O)O)cc3Cl)cs2)ccn1.CN(C(=O)OC(C)(C)C)C1CCCN(C(=O)c2ccc(-c3csc(-c4ccnc(C(C)(C)C)c4)c3)c(Cl)c2)C1.CN(C(=O)OC(C)(C)C)C1CCCNC1. The second-order valence-corrected chi connectivity index (χ2v) is 26.8. The molecule has 2 fully saturated rings. The number of likely N-dealkylation sites (tertiary alicyclic amines) is 1. The Morgan fingerprint density at radius 3 is 1.51 bits per heavy atom. The minimum Gasteiger partial charge on any atom is -0.478 e. The van der Waals surface area contributed by atoms with Crippen molar-refractivity contribution in [3.63, 3.8) is 0 Å². The monoisotopic (exact) mass is 1150 g/mol. The minimum atomic E-state index is -0.981. The van der Waals surface area contributed by atoms with Crippen LogP contribution in [0.5, 0.6) is 0 Å². The van der Waals surface area contributed by atoms with Gasteiger partial charge in [-0.1, -0.05) is 76.9 Å². The quantitative estimate of drug-likeness (QED) is 0.150. The molecular formula is C62H78Cl2N6O7S2. The molecule has 2 saturated heterocycles. The van der Waals surface area contributed by atoms with E-state index in [1.807, 2.05) is 90.6 Å². The first-order valence-electron chi connectivity index (χ1n) is 26.7. The molecule has 3 amide bonds. The lowest BCUT2D eigenvalue weighted by Gasteiger charge is -2.38. The lowest BCUT2D eigenvalue weighted by Crippen LogP contribution is -2.51. The summed E-state index contributed by atoms with van der Waals surface area (Å²) in [4.78, 5) is 65.1. The van der Waals surface area contributed by atoms with Crippen LogP contribution < -0.4 is 5.32 Å². The van der Waals surface area contributed by atoms with E-state index in [9.17, 15) is 19.2 Å². The van der Waals surface area contributed by atoms with E-state index in [0.29, 0.717) is 28.7 Å². The van der Waals surface area contributed by atoms with Gasteiger partial charge < -0.3 is 34.6 Å². The Balaban J connectivity index is 0.000000214. The van der Waals surface area contributed by atoms with Gasteiger partial charge in [-0.15, -0.1) is 22.7 Å². The van der Waals surface area contributed by atoms with Crippen molar-refractivity contribution < 1.29 is 33.8 Å². The van der Waals surface area contributed by atoms with Crippen LogP contribution in [0, 0.1) is 0 Å². The molecule has 6 aromatic rings. The average Bonchev–Trinajstić information content (AvgIpc) is 4.09. The normalized spacial score (nSPS) is 15.9. The Labute approximate surface area is 485 Å². The van der Waals surface area contributed by atoms with Crippen molar-refractivity contribution in [2.45, 2.75) is 143 Å². The second-order valence-electron chi connectivity index (χ2n) is 24.2. The first-order valence-corrected chi connectivity index (χ1v) is 29.3. The van der Waals surface area contributed by atoms with Gasteiger partial charge >= 0.3 is 18.2 Å². The molecule has 2 aliphatic rings. The van der Waals surface area contributed by atoms with Crippen molar-refractivity contribution >= 4 is 69.9 Å². The van der Waals surface area contributed by atoms with E-state index in [1.54, 1.807) is 62.6 Å². The van der Waals surface area contributed by atoms with Crippen LogP contribution in [0.25, 0.3) is 43.1 Å². The molecule has 0 radical (unpaired) electrons. The number of carbonyl (C=O) groups excluding carboxylic acids is 3. The van der Waals surface area contributed by atoms with E-state index in [0.717, 1.165) is 93.3 Å². The molecular weight excluding hydrogens is 1080 g/mol. The molecule has 2 unspecified atom stereocenters. The molecule has 0 aliphatic carbocycles. The third kappa shape index (κ3) is 17.6. The Morgan fingerprint density at radius 1 is 0.620 bits per heavy atom. The van der Waals surface area contributed by atoms with Crippen molar-refractivity contribution in [2.24, 2.45) is 0 Å². The Kier molecular flexibility index (Phi) is 20.7. The average molecular weight is 1150 g/mol. The third-order valence-corrected chi connectivity index (χ3v) is 15.9. The molecule has 0 spiro atoms. The summed E-state index contributed by atoms with van der Waals surface area (Å²) in [6.07, 6.45) is 6.93. The smallest absolute Gasteiger partial charge is 0.410 e. The summed E-state index contributed by atoms with van der Waals surface area (Å²) in [7, 11) is 3.55. The highest BCUT2D eigenvalue weighted by atomic mass is 35.5. The molecule has 2 atom stereocenters. The number of nitrogens with one attached hydrogen (secondary N) is 1. The summed E-state index contributed by atoms with van der Waals surface area (Å²) in [5.41, 5.74) is 7.79. The number of ether oxygens (including phenoxy) is 2. The number of carbonyl (C=O) groups is 4. The summed E-state index contributed by atoms with van der Waals surface area (Å²) in [5, 5.41) is 17.4. The van der Waals surface area contributed by atoms with Gasteiger partial charge in [0, 0.05) is 111 Å². The Bertz CT molecular complexity index is 3090. The number of carboxylic acid groups (broad SMARTS) is 1. The van der Waals surface area contributed by atoms with Crippen molar-refractivity contribution in [3.05, 3.63) is 129 Å². The van der Waals surface area contributed by atoms with E-state index in [-0.39, 0.29) is 46.6 Å². The van der Waals surface area contributed by atoms with E-state index >= 15 is 0 Å². The second kappa shape index (κ2) is 26.2. The molecule has 2 aromatic carbocycles. The molecule has 17 heteroatoms. The zero-order chi connectivity index (χ0) is 58.2. The maximum absolute atomic E-state index is 13.4. The van der Waals surface area contributed by atoms with E-state index in [4.69, 9.17) is 37.8 Å². The maximum Gasteiger partial charge on any atom is 0.410 e. The van der Waals surface area contributed by atoms with Gasteiger partial charge in [0.05, 0.1) is 11.6 Å². The predicted octanol–water partition coefficient (Wildman–Crippen LogP) is 15.6. The predicted molar refractivity (Wildman–Crippen MR) is 323 cm³/mol. The summed E-state index contributed by atoms with van der Waals surface area (Å²) in [5.74, 6) is -1.06. The number of aromatic nitrogens is 2. The molecule has 6 heterocycles. The van der Waals surface area contributed by atoms with Crippen LogP contribution >= 0.6 is 45.9 Å². The molecule has 2 N–H and O–H groups in total. The number of carboxylic acids is 1. The van der Waals surface area contributed by atoms with Crippen molar-refractivity contribution in [1.82, 2.24) is 30.0 Å². The number of hydrogen-bond donors (Lipinski definition) is 2. The van der Waals surface area contributed by atoms with Gasteiger partial charge in [-0.3, -0.25) is 14.8 Å². The van der Waals surface area contributed by atoms with Crippen molar-refractivity contribution in [2.75, 3.05) is 40.3 Å². The number of pyridine rings is 2. The minimum absolute atomic E-state index is 0.00787. The van der Waals surface area contributed by atoms with Crippen LogP contribution in [0.2, 0.25) is 10.0 Å². The molecule has 424 valence electrons. The van der Waals surface area contributed by atoms with Gasteiger partial charge in [-0.25, -0.2) is 14.4 Å². The molecule has 79 heavy (non-hydrogen) atoms. The summed E-state index contributed by atoms with van der Waals surface area (Å²) in [6, 6.07) is 23.0. The lowest BCUT2D eigenvalue weighted by atomic mass is 9.90. The zero-order valence-corrected chi connectivity index (χ0v) is 51.4. The Morgan fingerprint density at radius 2 is 1.08 bits per heavy atom. The fourth-order valence-corrected chi connectivity index (χ4v) is 11.2. The van der Waals surface area contributed by atoms with Crippen LogP contribution in [0.15, 0.2) is 96.0 Å². The van der Waals surface area contributed by atoms with Gasteiger partial charge in [0.1, 0.15) is 11.2 Å². The number of piperidine rings is 2. The standard InChI is InChI=1S/C31H38ClN3O3S.C20H18ClNO2S.C11H22N2O2/c1-30(2,3)27-17-20(12-13-33-27)26-16-22(19-39-26)24-11-10-21(15-25(24)32)28(36)35-14-8-9-23(18-35)34(7)29(37)38-31(4,5)6;1-20(2,3)18-10-12(6-7-22-18)17-9-14(11-25-17)15-5-4-13(19(23)24)8-16(15)21;1-11(2,3)15-10(14)13(4)9-6-5-7-12-8-9/h10-13,15-17,19,23H,8-9,14,18H2,1-7H3;4-11H,1-3H3,(H,23,24);9,12H,5-8H2,1-4H3. The number of thiophene rings is 2. The topological polar surface area (TPSA) is 154 Å². The lowest BCUT2D eigenvalue weighted by molar-refractivity contribution is 0.0130. The number of benzene rings is 2. The number of likely N-dealkylation sites (N-methyl/N-ethyl adjacent to an activating group) is 2. The zero-order valence-electron chi connectivity index (χ0n) is 48.3. The molecule has 13 nitrogen and oxygen atoms in total. The number of aromatic carboxylic acids is 1. The molecule has 8 rings (SSSR count). The van der Waals surface area contributed by atoms with Crippen LogP contribution in [-0.2, 0) is 20.3 Å². The molecule has 2 aliphatic heterocycles. The van der Waals surface area contributed by atoms with Gasteiger partial charge in [0.15, 0.2) is 0 Å². The number of rotatable bonds is 8. The summed E-state index contributed by atoms with van der Waals surface area (Å²) in [6.45, 7) is 27.1. The number of amides is 3. The van der Waals surface area contributed by atoms with Crippen LogP contribution in [0.1, 0.15) is 141 Å². The largest absolute Gasteiger partial charge is 0.478 e. The summed E-state index contributed by atoms with van der Waals surface area (Å²) >= 11 is 16.3. The van der Waals surface area contributed by atoms with Crippen LogP contribution in [-0.4, -0.2) is 117 Å². The fraction of sp³-hybridized carbons (Fsp3) is 0.452. The highest BCUT2D eigenvalue weighted by Crippen LogP contribution is 2.39. The van der Waals surface area contributed by atoms with Gasteiger partial charge in [0.25, 0.3) is 5.91 Å². The summed E-state index contributed by atoms with van der Waals surface area (Å²) < 4.78 is 10.8. The van der Waals surface area contributed by atoms with Crippen LogP contribution in [0.4, 0.5) is 9.59 Å². The van der Waals surface area contributed by atoms with Crippen LogP contribution in [0.3, 0.4) is 0 Å². The third-order valence-electron chi connectivity index (χ3n) is 13.3. The first-order chi connectivity index (χ1) is 36.9. The fourth-order valence-electron chi connectivity index (χ4n) is 8.78. The Hall–Kier alpha value is -5.84. The highest BCUT2D eigenvalue weighted by Gasteiger charge is 2.32. The maximum atomic E-state index is 13.4. The molecule has 0 saturated carbocycles. The first kappa shape index (κ1) is 62.4. The van der Waals surface area contributed by atoms with E-state index in [2.05, 4.69) is 86.5 Å². The van der Waals surface area contributed by atoms with E-state index < -0.39 is 17.2 Å². The highest BCUT2D eigenvalue weighted by molar-refractivity contribution is 7.14. The number of nitrogens with zero attached hydrogens (tertiary/aromatic N) is 5.